The van der Waals surface area contributed by atoms with E-state index in [1.54, 1.807) is 36.5 Å². The minimum Gasteiger partial charge on any atom is -0.438 e. The highest BCUT2D eigenvalue weighted by molar-refractivity contribution is 6.06. The molecule has 0 spiro atoms. The molecule has 0 fully saturated rings. The molecule has 0 bridgehead atoms. The minimum atomic E-state index is -0.839. The average Bonchev–Trinajstić information content (AvgIpc) is 3.07. The SMILES string of the molecule is CC(C)(C)c1ccc(Oc2ncccc2C(=O)Nc2ccc3c(c2)NC(O)N3)cc1. The number of carbonyl (C=O) groups excluding carboxylic acids is 1. The number of nitrogens with one attached hydrogen (secondary N) is 3. The van der Waals surface area contributed by atoms with Gasteiger partial charge in [0.05, 0.1) is 11.4 Å². The summed E-state index contributed by atoms with van der Waals surface area (Å²) in [4.78, 5) is 17.1. The van der Waals surface area contributed by atoms with Gasteiger partial charge in [-0.1, -0.05) is 32.9 Å². The smallest absolute Gasteiger partial charge is 0.261 e. The third-order valence-electron chi connectivity index (χ3n) is 4.81. The largest absolute Gasteiger partial charge is 0.438 e. The number of hydrogen-bond acceptors (Lipinski definition) is 6. The Kier molecular flexibility index (Phi) is 5.05. The fourth-order valence-corrected chi connectivity index (χ4v) is 3.18. The van der Waals surface area contributed by atoms with Gasteiger partial charge in [-0.2, -0.15) is 0 Å². The molecule has 7 heteroatoms. The van der Waals surface area contributed by atoms with Crippen molar-refractivity contribution in [1.82, 2.24) is 4.98 Å². The van der Waals surface area contributed by atoms with Crippen LogP contribution in [-0.4, -0.2) is 22.3 Å². The Hall–Kier alpha value is -3.58. The number of fused-ring (bicyclic) bond motifs is 1. The molecule has 30 heavy (non-hydrogen) atoms. The minimum absolute atomic E-state index is 0.0465. The normalized spacial score (nSPS) is 15.0. The molecule has 2 aromatic carbocycles. The summed E-state index contributed by atoms with van der Waals surface area (Å²) in [5, 5.41) is 18.2. The number of pyridine rings is 1. The molecule has 4 rings (SSSR count). The maximum atomic E-state index is 12.9. The molecule has 7 nitrogen and oxygen atoms in total. The van der Waals surface area contributed by atoms with Gasteiger partial charge in [0.2, 0.25) is 12.2 Å². The van der Waals surface area contributed by atoms with Gasteiger partial charge < -0.3 is 25.8 Å². The first-order chi connectivity index (χ1) is 14.3. The van der Waals surface area contributed by atoms with Gasteiger partial charge >= 0.3 is 0 Å². The molecule has 1 aliphatic heterocycles. The monoisotopic (exact) mass is 404 g/mol. The van der Waals surface area contributed by atoms with Crippen molar-refractivity contribution < 1.29 is 14.6 Å². The third kappa shape index (κ3) is 4.21. The number of aliphatic hydroxyl groups is 1. The summed E-state index contributed by atoms with van der Waals surface area (Å²) in [6.45, 7) is 6.44. The summed E-state index contributed by atoms with van der Waals surface area (Å²) in [6.07, 6.45) is 0.746. The van der Waals surface area contributed by atoms with Gasteiger partial charge in [-0.3, -0.25) is 4.79 Å². The number of hydrogen-bond donors (Lipinski definition) is 4. The molecular weight excluding hydrogens is 380 g/mol. The van der Waals surface area contributed by atoms with Gasteiger partial charge in [0, 0.05) is 11.9 Å². The van der Waals surface area contributed by atoms with Crippen molar-refractivity contribution in [2.24, 2.45) is 0 Å². The third-order valence-corrected chi connectivity index (χ3v) is 4.81. The number of aliphatic hydroxyl groups excluding tert-OH is 1. The maximum Gasteiger partial charge on any atom is 0.261 e. The molecule has 3 aromatic rings. The van der Waals surface area contributed by atoms with Gasteiger partial charge in [0.15, 0.2) is 0 Å². The molecule has 0 aliphatic carbocycles. The van der Waals surface area contributed by atoms with E-state index in [9.17, 15) is 9.90 Å². The van der Waals surface area contributed by atoms with Gasteiger partial charge in [-0.15, -0.1) is 0 Å². The van der Waals surface area contributed by atoms with Crippen LogP contribution in [0.25, 0.3) is 0 Å². The van der Waals surface area contributed by atoms with Crippen LogP contribution in [0.1, 0.15) is 36.7 Å². The summed E-state index contributed by atoms with van der Waals surface area (Å²) in [6, 6.07) is 16.4. The summed E-state index contributed by atoms with van der Waals surface area (Å²) >= 11 is 0. The zero-order chi connectivity index (χ0) is 21.3. The zero-order valence-corrected chi connectivity index (χ0v) is 17.1. The van der Waals surface area contributed by atoms with E-state index >= 15 is 0 Å². The van der Waals surface area contributed by atoms with Crippen molar-refractivity contribution >= 4 is 23.0 Å². The van der Waals surface area contributed by atoms with Crippen molar-refractivity contribution in [2.45, 2.75) is 32.5 Å². The number of amides is 1. The Morgan fingerprint density at radius 2 is 1.80 bits per heavy atom. The molecule has 1 unspecified atom stereocenters. The number of carbonyl (C=O) groups is 1. The first-order valence-corrected chi connectivity index (χ1v) is 9.69. The van der Waals surface area contributed by atoms with Crippen LogP contribution in [0.5, 0.6) is 11.6 Å². The van der Waals surface area contributed by atoms with Crippen LogP contribution in [0.15, 0.2) is 60.8 Å². The molecule has 0 saturated carbocycles. The lowest BCUT2D eigenvalue weighted by atomic mass is 9.87. The van der Waals surface area contributed by atoms with E-state index in [0.717, 1.165) is 5.69 Å². The molecule has 1 aliphatic rings. The number of anilines is 3. The molecule has 0 saturated heterocycles. The van der Waals surface area contributed by atoms with Crippen LogP contribution in [0.3, 0.4) is 0 Å². The maximum absolute atomic E-state index is 12.9. The van der Waals surface area contributed by atoms with Crippen molar-refractivity contribution in [2.75, 3.05) is 16.0 Å². The quantitative estimate of drug-likeness (QED) is 0.510. The van der Waals surface area contributed by atoms with Crippen LogP contribution in [-0.2, 0) is 5.41 Å². The predicted octanol–water partition coefficient (Wildman–Crippen LogP) is 4.54. The molecule has 4 N–H and O–H groups in total. The van der Waals surface area contributed by atoms with Gasteiger partial charge in [0.25, 0.3) is 5.91 Å². The van der Waals surface area contributed by atoms with Crippen LogP contribution < -0.4 is 20.7 Å². The number of nitrogens with zero attached hydrogens (tertiary/aromatic N) is 1. The van der Waals surface area contributed by atoms with Crippen molar-refractivity contribution in [3.63, 3.8) is 0 Å². The van der Waals surface area contributed by atoms with Crippen LogP contribution in [0.4, 0.5) is 17.1 Å². The topological polar surface area (TPSA) is 95.5 Å². The van der Waals surface area contributed by atoms with E-state index in [4.69, 9.17) is 4.74 Å². The average molecular weight is 404 g/mol. The number of benzene rings is 2. The lowest BCUT2D eigenvalue weighted by molar-refractivity contribution is 0.102. The van der Waals surface area contributed by atoms with E-state index in [0.29, 0.717) is 22.7 Å². The highest BCUT2D eigenvalue weighted by Gasteiger charge is 2.19. The molecule has 154 valence electrons. The Balaban J connectivity index is 1.52. The lowest BCUT2D eigenvalue weighted by Gasteiger charge is -2.19. The Morgan fingerprint density at radius 3 is 2.53 bits per heavy atom. The second kappa shape index (κ2) is 7.68. The van der Waals surface area contributed by atoms with Crippen molar-refractivity contribution in [3.05, 3.63) is 71.9 Å². The summed E-state index contributed by atoms with van der Waals surface area (Å²) < 4.78 is 5.90. The highest BCUT2D eigenvalue weighted by atomic mass is 16.5. The van der Waals surface area contributed by atoms with Crippen molar-refractivity contribution in [1.29, 1.82) is 0 Å². The standard InChI is InChI=1S/C23H24N4O3/c1-23(2,3)14-6-9-16(10-7-14)30-21-17(5-4-12-24-21)20(28)25-15-8-11-18-19(13-15)27-22(29)26-18/h4-13,22,26-27,29H,1-3H3,(H,25,28). The van der Waals surface area contributed by atoms with Crippen molar-refractivity contribution in [3.8, 4) is 11.6 Å². The number of rotatable bonds is 4. The van der Waals surface area contributed by atoms with Gasteiger partial charge in [-0.05, 0) is 53.4 Å². The second-order valence-electron chi connectivity index (χ2n) is 8.14. The molecule has 1 atom stereocenters. The molecule has 0 radical (unpaired) electrons. The van der Waals surface area contributed by atoms with E-state index in [1.165, 1.54) is 5.56 Å². The van der Waals surface area contributed by atoms with Crippen LogP contribution >= 0.6 is 0 Å². The first kappa shape index (κ1) is 19.7. The van der Waals surface area contributed by atoms with Gasteiger partial charge in [0.1, 0.15) is 11.3 Å². The zero-order valence-electron chi connectivity index (χ0n) is 17.1. The summed E-state index contributed by atoms with van der Waals surface area (Å²) in [7, 11) is 0. The Labute approximate surface area is 175 Å². The number of ether oxygens (including phenoxy) is 1. The summed E-state index contributed by atoms with van der Waals surface area (Å²) in [5.41, 5.74) is 3.63. The first-order valence-electron chi connectivity index (χ1n) is 9.69. The number of aromatic nitrogens is 1. The van der Waals surface area contributed by atoms with E-state index in [-0.39, 0.29) is 17.2 Å². The molecule has 2 heterocycles. The fraction of sp³-hybridized carbons (Fsp3) is 0.217. The highest BCUT2D eigenvalue weighted by Crippen LogP contribution is 2.32. The van der Waals surface area contributed by atoms with Crippen LogP contribution in [0, 0.1) is 0 Å². The second-order valence-corrected chi connectivity index (χ2v) is 8.14. The Morgan fingerprint density at radius 1 is 1.07 bits per heavy atom. The molecule has 1 amide bonds. The van der Waals surface area contributed by atoms with E-state index in [1.807, 2.05) is 24.3 Å². The Bertz CT molecular complexity index is 1070. The van der Waals surface area contributed by atoms with E-state index in [2.05, 4.69) is 41.7 Å². The predicted molar refractivity (Wildman–Crippen MR) is 117 cm³/mol. The summed E-state index contributed by atoms with van der Waals surface area (Å²) in [5.74, 6) is 0.503. The van der Waals surface area contributed by atoms with E-state index < -0.39 is 6.35 Å². The molecule has 1 aromatic heterocycles. The fourth-order valence-electron chi connectivity index (χ4n) is 3.18. The lowest BCUT2D eigenvalue weighted by Crippen LogP contribution is -2.20. The molecular formula is C23H24N4O3. The van der Waals surface area contributed by atoms with Crippen LogP contribution in [0.2, 0.25) is 0 Å². The van der Waals surface area contributed by atoms with Gasteiger partial charge in [-0.25, -0.2) is 4.98 Å².